The van der Waals surface area contributed by atoms with Crippen LogP contribution in [0.25, 0.3) is 0 Å². The fraction of sp³-hybridized carbons (Fsp3) is 1.00. The second-order valence-electron chi connectivity index (χ2n) is 5.64. The lowest BCUT2D eigenvalue weighted by Crippen LogP contribution is -2.41. The van der Waals surface area contributed by atoms with Gasteiger partial charge in [-0.1, -0.05) is 0 Å². The first-order chi connectivity index (χ1) is 7.93. The zero-order valence-corrected chi connectivity index (χ0v) is 10.1. The number of hydrogen-bond donors (Lipinski definition) is 2. The molecule has 1 heterocycles. The van der Waals surface area contributed by atoms with Crippen LogP contribution in [0.15, 0.2) is 0 Å². The van der Waals surface area contributed by atoms with Crippen LogP contribution in [0, 0.1) is 11.8 Å². The number of hydrogen-bond acceptors (Lipinski definition) is 3. The van der Waals surface area contributed by atoms with E-state index in [4.69, 9.17) is 4.74 Å². The van der Waals surface area contributed by atoms with E-state index in [1.165, 1.54) is 32.1 Å². The Morgan fingerprint density at radius 3 is 2.50 bits per heavy atom. The molecule has 0 aromatic heterocycles. The van der Waals surface area contributed by atoms with E-state index in [1.807, 2.05) is 0 Å². The molecule has 0 aromatic rings. The van der Waals surface area contributed by atoms with Gasteiger partial charge >= 0.3 is 0 Å². The molecule has 2 N–H and O–H groups in total. The fourth-order valence-corrected chi connectivity index (χ4v) is 2.85. The lowest BCUT2D eigenvalue weighted by Gasteiger charge is -2.25. The first-order valence-electron chi connectivity index (χ1n) is 6.99. The van der Waals surface area contributed by atoms with Crippen LogP contribution in [-0.4, -0.2) is 38.4 Å². The summed E-state index contributed by atoms with van der Waals surface area (Å²) in [5.41, 5.74) is 0. The van der Waals surface area contributed by atoms with Crippen molar-refractivity contribution in [3.63, 3.8) is 0 Å². The standard InChI is InChI=1S/C13H24N2O/c1-2-10(1)13(11-3-4-11)15-6-5-12-9-14-7-8-16-12/h10-15H,1-9H2. The van der Waals surface area contributed by atoms with Gasteiger partial charge in [0.15, 0.2) is 0 Å². The van der Waals surface area contributed by atoms with Crippen LogP contribution >= 0.6 is 0 Å². The molecule has 1 saturated heterocycles. The number of nitrogens with one attached hydrogen (secondary N) is 2. The minimum absolute atomic E-state index is 0.445. The van der Waals surface area contributed by atoms with Gasteiger partial charge in [-0.05, 0) is 50.5 Å². The molecule has 2 saturated carbocycles. The van der Waals surface area contributed by atoms with Crippen molar-refractivity contribution in [2.45, 2.75) is 44.2 Å². The third kappa shape index (κ3) is 2.96. The van der Waals surface area contributed by atoms with Gasteiger partial charge in [0.2, 0.25) is 0 Å². The van der Waals surface area contributed by atoms with Crippen molar-refractivity contribution in [3.8, 4) is 0 Å². The first kappa shape index (κ1) is 11.0. The summed E-state index contributed by atoms with van der Waals surface area (Å²) in [7, 11) is 0. The molecular weight excluding hydrogens is 200 g/mol. The molecule has 92 valence electrons. The van der Waals surface area contributed by atoms with Gasteiger partial charge in [-0.3, -0.25) is 0 Å². The summed E-state index contributed by atoms with van der Waals surface area (Å²) in [4.78, 5) is 0. The van der Waals surface area contributed by atoms with E-state index in [0.717, 1.165) is 44.1 Å². The van der Waals surface area contributed by atoms with Crippen LogP contribution in [0.3, 0.4) is 0 Å². The molecule has 3 rings (SSSR count). The third-order valence-electron chi connectivity index (χ3n) is 4.11. The molecule has 1 unspecified atom stereocenters. The minimum Gasteiger partial charge on any atom is -0.376 e. The van der Waals surface area contributed by atoms with E-state index in [0.29, 0.717) is 6.10 Å². The Balaban J connectivity index is 1.34. The van der Waals surface area contributed by atoms with E-state index in [2.05, 4.69) is 10.6 Å². The summed E-state index contributed by atoms with van der Waals surface area (Å²) in [6, 6.07) is 0.844. The van der Waals surface area contributed by atoms with Gasteiger partial charge in [-0.25, -0.2) is 0 Å². The predicted molar refractivity (Wildman–Crippen MR) is 64.5 cm³/mol. The Hall–Kier alpha value is -0.120. The van der Waals surface area contributed by atoms with Gasteiger partial charge in [0.05, 0.1) is 12.7 Å². The maximum atomic E-state index is 5.71. The molecular formula is C13H24N2O. The Bertz CT molecular complexity index is 208. The summed E-state index contributed by atoms with van der Waals surface area (Å²) in [6.45, 7) is 4.10. The van der Waals surface area contributed by atoms with Crippen molar-refractivity contribution in [2.24, 2.45) is 11.8 Å². The molecule has 0 amide bonds. The van der Waals surface area contributed by atoms with Crippen LogP contribution in [0.4, 0.5) is 0 Å². The molecule has 1 atom stereocenters. The Kier molecular flexibility index (Phi) is 3.46. The molecule has 0 bridgehead atoms. The molecule has 3 aliphatic rings. The molecule has 3 nitrogen and oxygen atoms in total. The highest BCUT2D eigenvalue weighted by Gasteiger charge is 2.40. The molecule has 0 aromatic carbocycles. The highest BCUT2D eigenvalue weighted by molar-refractivity contribution is 4.96. The van der Waals surface area contributed by atoms with Crippen LogP contribution in [-0.2, 0) is 4.74 Å². The summed E-state index contributed by atoms with van der Waals surface area (Å²) in [6.07, 6.45) is 7.49. The van der Waals surface area contributed by atoms with E-state index in [1.54, 1.807) is 0 Å². The van der Waals surface area contributed by atoms with Crippen molar-refractivity contribution in [2.75, 3.05) is 26.2 Å². The summed E-state index contributed by atoms with van der Waals surface area (Å²) in [5, 5.41) is 7.17. The van der Waals surface area contributed by atoms with Crippen molar-refractivity contribution < 1.29 is 4.74 Å². The van der Waals surface area contributed by atoms with Crippen molar-refractivity contribution in [1.29, 1.82) is 0 Å². The minimum atomic E-state index is 0.445. The summed E-state index contributed by atoms with van der Waals surface area (Å²) in [5.74, 6) is 2.02. The van der Waals surface area contributed by atoms with Crippen LogP contribution < -0.4 is 10.6 Å². The zero-order valence-electron chi connectivity index (χ0n) is 10.1. The number of rotatable bonds is 6. The monoisotopic (exact) mass is 224 g/mol. The smallest absolute Gasteiger partial charge is 0.0712 e. The van der Waals surface area contributed by atoms with E-state index < -0.39 is 0 Å². The van der Waals surface area contributed by atoms with Gasteiger partial charge in [0.25, 0.3) is 0 Å². The lowest BCUT2D eigenvalue weighted by molar-refractivity contribution is 0.0232. The van der Waals surface area contributed by atoms with Gasteiger partial charge in [0.1, 0.15) is 0 Å². The third-order valence-corrected chi connectivity index (χ3v) is 4.11. The summed E-state index contributed by atoms with van der Waals surface area (Å²) < 4.78 is 5.71. The molecule has 3 heteroatoms. The van der Waals surface area contributed by atoms with Gasteiger partial charge in [-0.2, -0.15) is 0 Å². The average molecular weight is 224 g/mol. The maximum absolute atomic E-state index is 5.71. The lowest BCUT2D eigenvalue weighted by atomic mass is 10.1. The first-order valence-corrected chi connectivity index (χ1v) is 6.99. The van der Waals surface area contributed by atoms with Crippen LogP contribution in [0.5, 0.6) is 0 Å². The number of morpholine rings is 1. The summed E-state index contributed by atoms with van der Waals surface area (Å²) >= 11 is 0. The quantitative estimate of drug-likeness (QED) is 0.710. The Morgan fingerprint density at radius 1 is 1.19 bits per heavy atom. The topological polar surface area (TPSA) is 33.3 Å². The SMILES string of the molecule is C1COC(CCNC(C2CC2)C2CC2)CN1. The number of ether oxygens (including phenoxy) is 1. The van der Waals surface area contributed by atoms with Gasteiger partial charge in [0, 0.05) is 19.1 Å². The van der Waals surface area contributed by atoms with Gasteiger partial charge < -0.3 is 15.4 Å². The van der Waals surface area contributed by atoms with Crippen molar-refractivity contribution >= 4 is 0 Å². The van der Waals surface area contributed by atoms with E-state index in [9.17, 15) is 0 Å². The van der Waals surface area contributed by atoms with Crippen LogP contribution in [0.2, 0.25) is 0 Å². The maximum Gasteiger partial charge on any atom is 0.0712 e. The molecule has 0 spiro atoms. The van der Waals surface area contributed by atoms with Crippen LogP contribution in [0.1, 0.15) is 32.1 Å². The highest BCUT2D eigenvalue weighted by Crippen LogP contribution is 2.44. The highest BCUT2D eigenvalue weighted by atomic mass is 16.5. The molecule has 0 radical (unpaired) electrons. The zero-order chi connectivity index (χ0) is 10.8. The molecule has 3 fully saturated rings. The van der Waals surface area contributed by atoms with Crippen molar-refractivity contribution in [1.82, 2.24) is 10.6 Å². The largest absolute Gasteiger partial charge is 0.376 e. The average Bonchev–Trinajstić information content (AvgIpc) is 3.17. The second-order valence-corrected chi connectivity index (χ2v) is 5.64. The van der Waals surface area contributed by atoms with Gasteiger partial charge in [-0.15, -0.1) is 0 Å². The van der Waals surface area contributed by atoms with E-state index in [-0.39, 0.29) is 0 Å². The second kappa shape index (κ2) is 5.03. The predicted octanol–water partition coefficient (Wildman–Crippen LogP) is 1.14. The molecule has 16 heavy (non-hydrogen) atoms. The fourth-order valence-electron chi connectivity index (χ4n) is 2.85. The van der Waals surface area contributed by atoms with E-state index >= 15 is 0 Å². The Morgan fingerprint density at radius 2 is 1.94 bits per heavy atom. The molecule has 1 aliphatic heterocycles. The normalized spacial score (nSPS) is 30.9. The molecule has 2 aliphatic carbocycles. The Labute approximate surface area is 98.3 Å². The van der Waals surface area contributed by atoms with Crippen molar-refractivity contribution in [3.05, 3.63) is 0 Å².